The lowest BCUT2D eigenvalue weighted by Gasteiger charge is -2.20. The van der Waals surface area contributed by atoms with Gasteiger partial charge < -0.3 is 16.0 Å². The number of hydrogen-bond acceptors (Lipinski definition) is 4. The lowest BCUT2D eigenvalue weighted by molar-refractivity contribution is -0.120. The van der Waals surface area contributed by atoms with Crippen molar-refractivity contribution in [3.63, 3.8) is 0 Å². The third kappa shape index (κ3) is 4.10. The zero-order valence-corrected chi connectivity index (χ0v) is 13.9. The first kappa shape index (κ1) is 17.5. The Bertz CT molecular complexity index is 682. The Morgan fingerprint density at radius 1 is 1.12 bits per heavy atom. The molecule has 0 saturated heterocycles. The van der Waals surface area contributed by atoms with Crippen LogP contribution in [0.4, 0.5) is 5.82 Å². The van der Waals surface area contributed by atoms with Crippen LogP contribution in [0.15, 0.2) is 48.7 Å². The minimum atomic E-state index is -0.874. The summed E-state index contributed by atoms with van der Waals surface area (Å²) >= 11 is 0. The molecule has 0 bridgehead atoms. The zero-order chi connectivity index (χ0) is 17.5. The van der Waals surface area contributed by atoms with Crippen molar-refractivity contribution >= 4 is 17.6 Å². The second-order valence-electron chi connectivity index (χ2n) is 5.30. The number of anilines is 1. The Morgan fingerprint density at radius 2 is 1.79 bits per heavy atom. The highest BCUT2D eigenvalue weighted by atomic mass is 16.2. The second-order valence-corrected chi connectivity index (χ2v) is 5.30. The van der Waals surface area contributed by atoms with Gasteiger partial charge in [0.05, 0.1) is 5.56 Å². The maximum atomic E-state index is 12.4. The third-order valence-electron chi connectivity index (χ3n) is 3.79. The first-order valence-electron chi connectivity index (χ1n) is 7.93. The highest BCUT2D eigenvalue weighted by Crippen LogP contribution is 2.14. The number of pyridine rings is 1. The second kappa shape index (κ2) is 8.10. The molecule has 1 aromatic carbocycles. The summed E-state index contributed by atoms with van der Waals surface area (Å²) in [4.78, 5) is 30.5. The summed E-state index contributed by atoms with van der Waals surface area (Å²) in [7, 11) is 0. The van der Waals surface area contributed by atoms with Gasteiger partial charge in [0, 0.05) is 19.3 Å². The van der Waals surface area contributed by atoms with Gasteiger partial charge in [-0.2, -0.15) is 0 Å². The lowest BCUT2D eigenvalue weighted by Crippen LogP contribution is -2.37. The number of nitrogens with two attached hydrogens (primary N) is 1. The van der Waals surface area contributed by atoms with E-state index in [4.69, 9.17) is 5.73 Å². The molecule has 2 rings (SSSR count). The van der Waals surface area contributed by atoms with Crippen molar-refractivity contribution in [1.29, 1.82) is 0 Å². The van der Waals surface area contributed by atoms with E-state index in [1.807, 2.05) is 19.9 Å². The molecule has 0 aliphatic rings. The van der Waals surface area contributed by atoms with Crippen molar-refractivity contribution in [1.82, 2.24) is 10.3 Å². The SMILES string of the molecule is CCN(CC)c1ccc(C(=O)N[C@H](C(N)=O)c2ccccc2)cn1. The monoisotopic (exact) mass is 326 g/mol. The van der Waals surface area contributed by atoms with Gasteiger partial charge >= 0.3 is 0 Å². The first-order valence-corrected chi connectivity index (χ1v) is 7.93. The Balaban J connectivity index is 2.14. The third-order valence-corrected chi connectivity index (χ3v) is 3.79. The topological polar surface area (TPSA) is 88.3 Å². The molecule has 1 atom stereocenters. The van der Waals surface area contributed by atoms with Gasteiger partial charge in [0.2, 0.25) is 5.91 Å². The number of nitrogens with one attached hydrogen (secondary N) is 1. The largest absolute Gasteiger partial charge is 0.368 e. The summed E-state index contributed by atoms with van der Waals surface area (Å²) in [5, 5.41) is 2.66. The van der Waals surface area contributed by atoms with Crippen molar-refractivity contribution in [2.24, 2.45) is 5.73 Å². The molecule has 6 heteroatoms. The van der Waals surface area contributed by atoms with Crippen LogP contribution in [0.1, 0.15) is 35.8 Å². The number of aromatic nitrogens is 1. The molecule has 24 heavy (non-hydrogen) atoms. The predicted molar refractivity (Wildman–Crippen MR) is 93.6 cm³/mol. The maximum absolute atomic E-state index is 12.4. The smallest absolute Gasteiger partial charge is 0.253 e. The summed E-state index contributed by atoms with van der Waals surface area (Å²) in [5.74, 6) is -0.186. The Morgan fingerprint density at radius 3 is 2.29 bits per heavy atom. The summed E-state index contributed by atoms with van der Waals surface area (Å²) < 4.78 is 0. The molecule has 0 fully saturated rings. The van der Waals surface area contributed by atoms with Crippen LogP contribution in [0.25, 0.3) is 0 Å². The fourth-order valence-electron chi connectivity index (χ4n) is 2.43. The van der Waals surface area contributed by atoms with Gasteiger partial charge in [-0.25, -0.2) is 4.98 Å². The molecule has 0 aliphatic heterocycles. The highest BCUT2D eigenvalue weighted by molar-refractivity contribution is 5.97. The predicted octanol–water partition coefficient (Wildman–Crippen LogP) is 1.88. The van der Waals surface area contributed by atoms with E-state index in [9.17, 15) is 9.59 Å². The fraction of sp³-hybridized carbons (Fsp3) is 0.278. The van der Waals surface area contributed by atoms with E-state index in [0.29, 0.717) is 11.1 Å². The van der Waals surface area contributed by atoms with Crippen LogP contribution in [-0.4, -0.2) is 29.9 Å². The van der Waals surface area contributed by atoms with Gasteiger partial charge in [-0.3, -0.25) is 9.59 Å². The van der Waals surface area contributed by atoms with Crippen molar-refractivity contribution in [2.75, 3.05) is 18.0 Å². The summed E-state index contributed by atoms with van der Waals surface area (Å²) in [6.07, 6.45) is 1.51. The molecule has 0 spiro atoms. The highest BCUT2D eigenvalue weighted by Gasteiger charge is 2.21. The van der Waals surface area contributed by atoms with Crippen molar-refractivity contribution in [3.05, 3.63) is 59.8 Å². The van der Waals surface area contributed by atoms with E-state index >= 15 is 0 Å². The summed E-state index contributed by atoms with van der Waals surface area (Å²) in [6, 6.07) is 11.5. The quantitative estimate of drug-likeness (QED) is 0.813. The number of primary amides is 1. The van der Waals surface area contributed by atoms with E-state index in [2.05, 4.69) is 15.2 Å². The Hall–Kier alpha value is -2.89. The lowest BCUT2D eigenvalue weighted by atomic mass is 10.1. The fourth-order valence-corrected chi connectivity index (χ4v) is 2.43. The number of hydrogen-bond donors (Lipinski definition) is 2. The summed E-state index contributed by atoms with van der Waals surface area (Å²) in [6.45, 7) is 5.77. The van der Waals surface area contributed by atoms with Crippen LogP contribution in [0, 0.1) is 0 Å². The molecule has 2 amide bonds. The molecule has 0 radical (unpaired) electrons. The zero-order valence-electron chi connectivity index (χ0n) is 13.9. The molecule has 3 N–H and O–H groups in total. The van der Waals surface area contributed by atoms with Gasteiger partial charge in [0.15, 0.2) is 0 Å². The average molecular weight is 326 g/mol. The van der Waals surface area contributed by atoms with Crippen LogP contribution in [-0.2, 0) is 4.79 Å². The van der Waals surface area contributed by atoms with Gasteiger partial charge in [0.1, 0.15) is 11.9 Å². The van der Waals surface area contributed by atoms with Gasteiger partial charge in [-0.1, -0.05) is 30.3 Å². The molecule has 6 nitrogen and oxygen atoms in total. The van der Waals surface area contributed by atoms with Crippen molar-refractivity contribution in [2.45, 2.75) is 19.9 Å². The standard InChI is InChI=1S/C18H22N4O2/c1-3-22(4-2)15-11-10-14(12-20-15)18(24)21-16(17(19)23)13-8-6-5-7-9-13/h5-12,16H,3-4H2,1-2H3,(H2,19,23)(H,21,24)/t16-/m0/s1. The molecular formula is C18H22N4O2. The average Bonchev–Trinajstić information content (AvgIpc) is 2.61. The molecule has 126 valence electrons. The van der Waals surface area contributed by atoms with E-state index in [0.717, 1.165) is 18.9 Å². The molecule has 1 heterocycles. The van der Waals surface area contributed by atoms with Crippen molar-refractivity contribution < 1.29 is 9.59 Å². The van der Waals surface area contributed by atoms with Gasteiger partial charge in [0.25, 0.3) is 5.91 Å². The number of carbonyl (C=O) groups is 2. The molecule has 1 aromatic heterocycles. The molecule has 0 unspecified atom stereocenters. The Kier molecular flexibility index (Phi) is 5.89. The van der Waals surface area contributed by atoms with Crippen LogP contribution < -0.4 is 16.0 Å². The number of nitrogens with zero attached hydrogens (tertiary/aromatic N) is 2. The molecule has 0 aliphatic carbocycles. The van der Waals surface area contributed by atoms with Crippen LogP contribution in [0.5, 0.6) is 0 Å². The van der Waals surface area contributed by atoms with E-state index < -0.39 is 11.9 Å². The first-order chi connectivity index (χ1) is 11.6. The molecule has 2 aromatic rings. The van der Waals surface area contributed by atoms with E-state index in [1.165, 1.54) is 6.20 Å². The van der Waals surface area contributed by atoms with Gasteiger partial charge in [-0.05, 0) is 31.5 Å². The summed E-state index contributed by atoms with van der Waals surface area (Å²) in [5.41, 5.74) is 6.45. The van der Waals surface area contributed by atoms with E-state index in [1.54, 1.807) is 36.4 Å². The Labute approximate surface area is 141 Å². The minimum Gasteiger partial charge on any atom is -0.368 e. The van der Waals surface area contributed by atoms with Crippen molar-refractivity contribution in [3.8, 4) is 0 Å². The number of benzene rings is 1. The van der Waals surface area contributed by atoms with E-state index in [-0.39, 0.29) is 5.91 Å². The van der Waals surface area contributed by atoms with Crippen LogP contribution in [0.3, 0.4) is 0 Å². The normalized spacial score (nSPS) is 11.6. The molecular weight excluding hydrogens is 304 g/mol. The minimum absolute atomic E-state index is 0.382. The molecule has 0 saturated carbocycles. The number of carbonyl (C=O) groups excluding carboxylic acids is 2. The number of rotatable bonds is 7. The van der Waals surface area contributed by atoms with Crippen LogP contribution >= 0.6 is 0 Å². The number of amides is 2. The van der Waals surface area contributed by atoms with Crippen LogP contribution in [0.2, 0.25) is 0 Å². The maximum Gasteiger partial charge on any atom is 0.253 e. The van der Waals surface area contributed by atoms with Gasteiger partial charge in [-0.15, -0.1) is 0 Å².